The van der Waals surface area contributed by atoms with E-state index in [0.29, 0.717) is 28.8 Å². The number of anilines is 2. The normalized spacial score (nSPS) is 14.8. The number of nitrogens with zero attached hydrogens (tertiary/aromatic N) is 4. The summed E-state index contributed by atoms with van der Waals surface area (Å²) in [4.78, 5) is 25.7. The van der Waals surface area contributed by atoms with Crippen LogP contribution in [-0.4, -0.2) is 68.2 Å². The molecule has 8 nitrogen and oxygen atoms in total. The smallest absolute Gasteiger partial charge is 0.274 e. The van der Waals surface area contributed by atoms with Gasteiger partial charge in [0.25, 0.3) is 5.91 Å². The Bertz CT molecular complexity index is 775. The summed E-state index contributed by atoms with van der Waals surface area (Å²) in [6.07, 6.45) is 1.61. The van der Waals surface area contributed by atoms with E-state index in [4.69, 9.17) is 9.47 Å². The van der Waals surface area contributed by atoms with Crippen molar-refractivity contribution < 1.29 is 14.3 Å². The van der Waals surface area contributed by atoms with E-state index in [2.05, 4.69) is 32.1 Å². The van der Waals surface area contributed by atoms with Crippen molar-refractivity contribution in [3.63, 3.8) is 0 Å². The number of carbonyl (C=O) groups is 1. The molecule has 0 radical (unpaired) electrons. The Morgan fingerprint density at radius 3 is 2.58 bits per heavy atom. The van der Waals surface area contributed by atoms with Gasteiger partial charge in [0.1, 0.15) is 17.2 Å². The summed E-state index contributed by atoms with van der Waals surface area (Å²) in [5, 5.41) is 2.83. The summed E-state index contributed by atoms with van der Waals surface area (Å²) in [7, 11) is 5.21. The van der Waals surface area contributed by atoms with Crippen molar-refractivity contribution in [2.45, 2.75) is 0 Å². The molecule has 1 aliphatic heterocycles. The van der Waals surface area contributed by atoms with Gasteiger partial charge in [-0.05, 0) is 25.2 Å². The molecule has 0 unspecified atom stereocenters. The van der Waals surface area contributed by atoms with E-state index >= 15 is 0 Å². The number of ether oxygens (including phenoxy) is 2. The Labute approximate surface area is 152 Å². The highest BCUT2D eigenvalue weighted by atomic mass is 16.5. The van der Waals surface area contributed by atoms with Crippen LogP contribution in [0.25, 0.3) is 0 Å². The van der Waals surface area contributed by atoms with Crippen LogP contribution in [0.1, 0.15) is 10.5 Å². The molecule has 2 aromatic rings. The highest BCUT2D eigenvalue weighted by Gasteiger charge is 2.18. The molecule has 1 aromatic carbocycles. The van der Waals surface area contributed by atoms with Crippen molar-refractivity contribution in [3.05, 3.63) is 36.2 Å². The minimum atomic E-state index is -0.314. The van der Waals surface area contributed by atoms with Gasteiger partial charge in [-0.2, -0.15) is 0 Å². The fraction of sp³-hybridized carbons (Fsp3) is 0.389. The second-order valence-electron chi connectivity index (χ2n) is 6.05. The molecule has 1 amide bonds. The van der Waals surface area contributed by atoms with Crippen LogP contribution in [0.15, 0.2) is 30.5 Å². The summed E-state index contributed by atoms with van der Waals surface area (Å²) in [5.41, 5.74) is 0.866. The van der Waals surface area contributed by atoms with Gasteiger partial charge < -0.3 is 24.6 Å². The lowest BCUT2D eigenvalue weighted by Gasteiger charge is -2.32. The van der Waals surface area contributed by atoms with Crippen molar-refractivity contribution in [1.82, 2.24) is 14.9 Å². The molecular formula is C18H23N5O3. The largest absolute Gasteiger partial charge is 0.497 e. The van der Waals surface area contributed by atoms with Crippen LogP contribution < -0.4 is 19.7 Å². The van der Waals surface area contributed by atoms with E-state index in [-0.39, 0.29) is 5.91 Å². The average Bonchev–Trinajstić information content (AvgIpc) is 2.69. The standard InChI is InChI=1S/C18H23N5O3/c1-22-8-10-23(11-9-22)18-19-7-6-15(21-18)17(24)20-14-5-4-13(25-2)12-16(14)26-3/h4-7,12H,8-11H2,1-3H3,(H,20,24). The Morgan fingerprint density at radius 1 is 1.12 bits per heavy atom. The summed E-state index contributed by atoms with van der Waals surface area (Å²) in [6.45, 7) is 3.58. The molecule has 0 saturated carbocycles. The molecule has 8 heteroatoms. The zero-order valence-corrected chi connectivity index (χ0v) is 15.2. The van der Waals surface area contributed by atoms with E-state index in [1.54, 1.807) is 44.7 Å². The van der Waals surface area contributed by atoms with E-state index < -0.39 is 0 Å². The first-order valence-corrected chi connectivity index (χ1v) is 8.40. The Morgan fingerprint density at radius 2 is 1.88 bits per heavy atom. The van der Waals surface area contributed by atoms with Crippen LogP contribution in [0.5, 0.6) is 11.5 Å². The molecule has 3 rings (SSSR count). The maximum absolute atomic E-state index is 12.6. The number of piperazine rings is 1. The van der Waals surface area contributed by atoms with Crippen LogP contribution in [0.2, 0.25) is 0 Å². The SMILES string of the molecule is COc1ccc(NC(=O)c2ccnc(N3CCN(C)CC3)n2)c(OC)c1. The lowest BCUT2D eigenvalue weighted by Crippen LogP contribution is -2.45. The van der Waals surface area contributed by atoms with Gasteiger partial charge in [-0.3, -0.25) is 4.79 Å². The third-order valence-electron chi connectivity index (χ3n) is 4.32. The molecule has 1 aliphatic rings. The summed E-state index contributed by atoms with van der Waals surface area (Å²) in [5.74, 6) is 1.43. The predicted octanol–water partition coefficient (Wildman–Crippen LogP) is 1.50. The van der Waals surface area contributed by atoms with E-state index in [1.165, 1.54) is 0 Å². The lowest BCUT2D eigenvalue weighted by atomic mass is 10.2. The second kappa shape index (κ2) is 8.01. The minimum absolute atomic E-state index is 0.312. The third-order valence-corrected chi connectivity index (χ3v) is 4.32. The van der Waals surface area contributed by atoms with E-state index in [0.717, 1.165) is 26.2 Å². The lowest BCUT2D eigenvalue weighted by molar-refractivity contribution is 0.102. The molecule has 1 fully saturated rings. The Kier molecular flexibility index (Phi) is 5.52. The van der Waals surface area contributed by atoms with Gasteiger partial charge in [-0.25, -0.2) is 9.97 Å². The average molecular weight is 357 g/mol. The van der Waals surface area contributed by atoms with Crippen LogP contribution in [0.3, 0.4) is 0 Å². The first-order valence-electron chi connectivity index (χ1n) is 8.40. The van der Waals surface area contributed by atoms with Gasteiger partial charge in [0, 0.05) is 38.4 Å². The van der Waals surface area contributed by atoms with Crippen LogP contribution >= 0.6 is 0 Å². The molecule has 1 aromatic heterocycles. The highest BCUT2D eigenvalue weighted by Crippen LogP contribution is 2.29. The van der Waals surface area contributed by atoms with E-state index in [9.17, 15) is 4.79 Å². The number of likely N-dealkylation sites (N-methyl/N-ethyl adjacent to an activating group) is 1. The fourth-order valence-electron chi connectivity index (χ4n) is 2.72. The van der Waals surface area contributed by atoms with Gasteiger partial charge in [-0.1, -0.05) is 0 Å². The molecule has 0 bridgehead atoms. The molecule has 1 N–H and O–H groups in total. The van der Waals surface area contributed by atoms with Gasteiger partial charge in [-0.15, -0.1) is 0 Å². The van der Waals surface area contributed by atoms with Gasteiger partial charge in [0.2, 0.25) is 5.95 Å². The molecule has 0 atom stereocenters. The maximum Gasteiger partial charge on any atom is 0.274 e. The summed E-state index contributed by atoms with van der Waals surface area (Å²) < 4.78 is 10.5. The monoisotopic (exact) mass is 357 g/mol. The Hall–Kier alpha value is -2.87. The molecule has 26 heavy (non-hydrogen) atoms. The van der Waals surface area contributed by atoms with Gasteiger partial charge in [0.05, 0.1) is 19.9 Å². The number of hydrogen-bond donors (Lipinski definition) is 1. The van der Waals surface area contributed by atoms with Crippen molar-refractivity contribution in [2.24, 2.45) is 0 Å². The van der Waals surface area contributed by atoms with Crippen LogP contribution in [-0.2, 0) is 0 Å². The molecule has 2 heterocycles. The highest BCUT2D eigenvalue weighted by molar-refractivity contribution is 6.03. The number of rotatable bonds is 5. The minimum Gasteiger partial charge on any atom is -0.497 e. The molecular weight excluding hydrogens is 334 g/mol. The number of aromatic nitrogens is 2. The number of nitrogens with one attached hydrogen (secondary N) is 1. The topological polar surface area (TPSA) is 79.8 Å². The quantitative estimate of drug-likeness (QED) is 0.868. The van der Waals surface area contributed by atoms with Crippen LogP contribution in [0, 0.1) is 0 Å². The van der Waals surface area contributed by atoms with Crippen molar-refractivity contribution in [3.8, 4) is 11.5 Å². The third kappa shape index (κ3) is 4.02. The number of hydrogen-bond acceptors (Lipinski definition) is 7. The summed E-state index contributed by atoms with van der Waals surface area (Å²) >= 11 is 0. The van der Waals surface area contributed by atoms with Gasteiger partial charge in [0.15, 0.2) is 0 Å². The van der Waals surface area contributed by atoms with Gasteiger partial charge >= 0.3 is 0 Å². The number of amides is 1. The van der Waals surface area contributed by atoms with Crippen LogP contribution in [0.4, 0.5) is 11.6 Å². The zero-order chi connectivity index (χ0) is 18.5. The molecule has 1 saturated heterocycles. The first-order chi connectivity index (χ1) is 12.6. The predicted molar refractivity (Wildman–Crippen MR) is 99.2 cm³/mol. The molecule has 0 aliphatic carbocycles. The molecule has 138 valence electrons. The number of methoxy groups -OCH3 is 2. The second-order valence-corrected chi connectivity index (χ2v) is 6.05. The van der Waals surface area contributed by atoms with Crippen molar-refractivity contribution >= 4 is 17.5 Å². The zero-order valence-electron chi connectivity index (χ0n) is 15.2. The first kappa shape index (κ1) is 17.9. The number of carbonyl (C=O) groups excluding carboxylic acids is 1. The van der Waals surface area contributed by atoms with Crippen molar-refractivity contribution in [2.75, 3.05) is 57.7 Å². The maximum atomic E-state index is 12.6. The molecule has 0 spiro atoms. The summed E-state index contributed by atoms with van der Waals surface area (Å²) in [6, 6.07) is 6.81. The fourth-order valence-corrected chi connectivity index (χ4v) is 2.72. The van der Waals surface area contributed by atoms with E-state index in [1.807, 2.05) is 0 Å². The van der Waals surface area contributed by atoms with Crippen molar-refractivity contribution in [1.29, 1.82) is 0 Å². The number of benzene rings is 1. The Balaban J connectivity index is 1.75.